The van der Waals surface area contributed by atoms with E-state index in [4.69, 9.17) is 9.47 Å². The number of para-hydroxylation sites is 2. The van der Waals surface area contributed by atoms with Crippen LogP contribution >= 0.6 is 0 Å². The third kappa shape index (κ3) is 4.07. The first-order valence-electron chi connectivity index (χ1n) is 12.0. The molecular formula is C27H26N6O3. The molecule has 0 bridgehead atoms. The standard InChI is InChI=1S/C27H26N6O3/c1-35-20-12-10-19(11-13-20)33-25(28-29-30-33)18-31-14-16-32(17-15-31)27(34)26-21-6-2-4-8-23(21)36-24-9-5-3-7-22(24)26/h2-13,26H,14-18H2,1H3. The number of rotatable bonds is 5. The first-order valence-corrected chi connectivity index (χ1v) is 12.0. The van der Waals surface area contributed by atoms with Crippen LogP contribution in [0.4, 0.5) is 0 Å². The number of hydrogen-bond acceptors (Lipinski definition) is 7. The van der Waals surface area contributed by atoms with E-state index in [0.717, 1.165) is 53.0 Å². The van der Waals surface area contributed by atoms with E-state index >= 15 is 0 Å². The number of amides is 1. The molecule has 1 amide bonds. The third-order valence-electron chi connectivity index (χ3n) is 6.83. The zero-order valence-corrected chi connectivity index (χ0v) is 19.9. The predicted octanol–water partition coefficient (Wildman–Crippen LogP) is 3.25. The molecule has 0 aliphatic carbocycles. The summed E-state index contributed by atoms with van der Waals surface area (Å²) in [5.41, 5.74) is 2.71. The summed E-state index contributed by atoms with van der Waals surface area (Å²) in [7, 11) is 1.64. The molecule has 6 rings (SSSR count). The van der Waals surface area contributed by atoms with E-state index in [9.17, 15) is 4.79 Å². The van der Waals surface area contributed by atoms with Crippen molar-refractivity contribution in [2.45, 2.75) is 12.5 Å². The largest absolute Gasteiger partial charge is 0.497 e. The Labute approximate surface area is 208 Å². The van der Waals surface area contributed by atoms with Crippen molar-refractivity contribution in [1.82, 2.24) is 30.0 Å². The van der Waals surface area contributed by atoms with Gasteiger partial charge < -0.3 is 14.4 Å². The highest BCUT2D eigenvalue weighted by molar-refractivity contribution is 5.89. The average molecular weight is 483 g/mol. The highest BCUT2D eigenvalue weighted by atomic mass is 16.5. The molecule has 9 heteroatoms. The smallest absolute Gasteiger partial charge is 0.234 e. The van der Waals surface area contributed by atoms with Gasteiger partial charge in [0, 0.05) is 37.3 Å². The highest BCUT2D eigenvalue weighted by Crippen LogP contribution is 2.44. The predicted molar refractivity (Wildman–Crippen MR) is 132 cm³/mol. The minimum absolute atomic E-state index is 0.112. The van der Waals surface area contributed by atoms with Crippen LogP contribution in [0.3, 0.4) is 0 Å². The number of fused-ring (bicyclic) bond motifs is 2. The highest BCUT2D eigenvalue weighted by Gasteiger charge is 2.36. The lowest BCUT2D eigenvalue weighted by atomic mass is 9.86. The lowest BCUT2D eigenvalue weighted by molar-refractivity contribution is -0.133. The Hall–Kier alpha value is -4.24. The van der Waals surface area contributed by atoms with Crippen molar-refractivity contribution >= 4 is 5.91 Å². The van der Waals surface area contributed by atoms with E-state index in [2.05, 4.69) is 20.4 Å². The van der Waals surface area contributed by atoms with Gasteiger partial charge in [-0.15, -0.1) is 5.10 Å². The van der Waals surface area contributed by atoms with Gasteiger partial charge in [-0.3, -0.25) is 9.69 Å². The number of aromatic nitrogens is 4. The van der Waals surface area contributed by atoms with Gasteiger partial charge in [-0.1, -0.05) is 36.4 Å². The first-order chi connectivity index (χ1) is 17.7. The summed E-state index contributed by atoms with van der Waals surface area (Å²) in [5.74, 6) is 2.79. The van der Waals surface area contributed by atoms with Crippen LogP contribution in [-0.2, 0) is 11.3 Å². The van der Waals surface area contributed by atoms with Crippen LogP contribution in [0, 0.1) is 0 Å². The van der Waals surface area contributed by atoms with Gasteiger partial charge >= 0.3 is 0 Å². The summed E-state index contributed by atoms with van der Waals surface area (Å²) in [6.45, 7) is 3.38. The zero-order valence-electron chi connectivity index (χ0n) is 19.9. The molecule has 2 aliphatic heterocycles. The van der Waals surface area contributed by atoms with Crippen molar-refractivity contribution in [3.63, 3.8) is 0 Å². The Bertz CT molecular complexity index is 1330. The fourth-order valence-corrected chi connectivity index (χ4v) is 4.91. The summed E-state index contributed by atoms with van der Waals surface area (Å²) < 4.78 is 13.1. The Kier molecular flexibility index (Phi) is 5.82. The van der Waals surface area contributed by atoms with E-state index in [-0.39, 0.29) is 11.8 Å². The zero-order chi connectivity index (χ0) is 24.5. The number of carbonyl (C=O) groups is 1. The second-order valence-electron chi connectivity index (χ2n) is 8.92. The molecule has 0 N–H and O–H groups in total. The summed E-state index contributed by atoms with van der Waals surface area (Å²) in [5, 5.41) is 12.3. The maximum atomic E-state index is 13.8. The molecule has 0 saturated carbocycles. The van der Waals surface area contributed by atoms with Gasteiger partial charge in [0.05, 0.1) is 25.3 Å². The molecule has 182 valence electrons. The minimum Gasteiger partial charge on any atom is -0.497 e. The molecule has 1 fully saturated rings. The number of nitrogens with zero attached hydrogens (tertiary/aromatic N) is 6. The van der Waals surface area contributed by atoms with Crippen LogP contribution in [0.2, 0.25) is 0 Å². The lowest BCUT2D eigenvalue weighted by Crippen LogP contribution is -2.50. The lowest BCUT2D eigenvalue weighted by Gasteiger charge is -2.37. The average Bonchev–Trinajstić information content (AvgIpc) is 3.40. The van der Waals surface area contributed by atoms with Gasteiger partial charge in [0.1, 0.15) is 17.2 Å². The number of piperazine rings is 1. The number of tetrazole rings is 1. The normalized spacial score (nSPS) is 15.6. The van der Waals surface area contributed by atoms with Crippen LogP contribution in [0.1, 0.15) is 22.9 Å². The van der Waals surface area contributed by atoms with Crippen molar-refractivity contribution in [1.29, 1.82) is 0 Å². The number of ether oxygens (including phenoxy) is 2. The molecule has 4 aromatic rings. The fraction of sp³-hybridized carbons (Fsp3) is 0.259. The van der Waals surface area contributed by atoms with Crippen molar-refractivity contribution < 1.29 is 14.3 Å². The molecule has 3 aromatic carbocycles. The van der Waals surface area contributed by atoms with Gasteiger partial charge in [0.15, 0.2) is 5.82 Å². The van der Waals surface area contributed by atoms with Gasteiger partial charge in [-0.05, 0) is 46.8 Å². The van der Waals surface area contributed by atoms with Crippen LogP contribution in [0.15, 0.2) is 72.8 Å². The number of benzene rings is 3. The maximum Gasteiger partial charge on any atom is 0.234 e. The molecule has 0 radical (unpaired) electrons. The Morgan fingerprint density at radius 2 is 1.56 bits per heavy atom. The quantitative estimate of drug-likeness (QED) is 0.432. The summed E-state index contributed by atoms with van der Waals surface area (Å²) in [4.78, 5) is 18.0. The molecular weight excluding hydrogens is 456 g/mol. The van der Waals surface area contributed by atoms with E-state index in [1.54, 1.807) is 11.8 Å². The van der Waals surface area contributed by atoms with Crippen molar-refractivity contribution in [3.8, 4) is 22.9 Å². The van der Waals surface area contributed by atoms with Crippen LogP contribution in [0.25, 0.3) is 5.69 Å². The second-order valence-corrected chi connectivity index (χ2v) is 8.92. The monoisotopic (exact) mass is 482 g/mol. The van der Waals surface area contributed by atoms with E-state index in [1.165, 1.54) is 0 Å². The molecule has 0 unspecified atom stereocenters. The molecule has 9 nitrogen and oxygen atoms in total. The molecule has 3 heterocycles. The topological polar surface area (TPSA) is 85.6 Å². The Morgan fingerprint density at radius 3 is 2.19 bits per heavy atom. The van der Waals surface area contributed by atoms with Gasteiger partial charge in [0.25, 0.3) is 0 Å². The summed E-state index contributed by atoms with van der Waals surface area (Å²) in [6, 6.07) is 23.3. The van der Waals surface area contributed by atoms with Gasteiger partial charge in [-0.25, -0.2) is 0 Å². The van der Waals surface area contributed by atoms with Crippen LogP contribution < -0.4 is 9.47 Å². The molecule has 36 heavy (non-hydrogen) atoms. The second kappa shape index (κ2) is 9.43. The molecule has 1 aromatic heterocycles. The number of carbonyl (C=O) groups excluding carboxylic acids is 1. The molecule has 2 aliphatic rings. The van der Waals surface area contributed by atoms with Crippen LogP contribution in [0.5, 0.6) is 17.2 Å². The first kappa shape index (κ1) is 22.2. The number of hydrogen-bond donors (Lipinski definition) is 0. The molecule has 0 atom stereocenters. The van der Waals surface area contributed by atoms with Crippen molar-refractivity contribution in [2.24, 2.45) is 0 Å². The summed E-state index contributed by atoms with van der Waals surface area (Å²) in [6.07, 6.45) is 0. The van der Waals surface area contributed by atoms with Crippen LogP contribution in [-0.4, -0.2) is 69.2 Å². The summed E-state index contributed by atoms with van der Waals surface area (Å²) >= 11 is 0. The Balaban J connectivity index is 1.15. The minimum atomic E-state index is -0.361. The third-order valence-corrected chi connectivity index (χ3v) is 6.83. The van der Waals surface area contributed by atoms with Crippen molar-refractivity contribution in [3.05, 3.63) is 89.7 Å². The van der Waals surface area contributed by atoms with Crippen molar-refractivity contribution in [2.75, 3.05) is 33.3 Å². The SMILES string of the molecule is COc1ccc(-n2nnnc2CN2CCN(C(=O)C3c4ccccc4Oc4ccccc43)CC2)cc1. The number of methoxy groups -OCH3 is 1. The Morgan fingerprint density at radius 1 is 0.917 bits per heavy atom. The maximum absolute atomic E-state index is 13.8. The fourth-order valence-electron chi connectivity index (χ4n) is 4.91. The van der Waals surface area contributed by atoms with E-state index < -0.39 is 0 Å². The molecule has 0 spiro atoms. The van der Waals surface area contributed by atoms with E-state index in [1.807, 2.05) is 77.7 Å². The van der Waals surface area contributed by atoms with Gasteiger partial charge in [0.2, 0.25) is 5.91 Å². The van der Waals surface area contributed by atoms with E-state index in [0.29, 0.717) is 19.6 Å². The molecule has 1 saturated heterocycles. The van der Waals surface area contributed by atoms with Gasteiger partial charge in [-0.2, -0.15) is 4.68 Å².